The summed E-state index contributed by atoms with van der Waals surface area (Å²) in [5.74, 6) is -1.52. The van der Waals surface area contributed by atoms with E-state index in [0.717, 1.165) is 5.56 Å². The van der Waals surface area contributed by atoms with Gasteiger partial charge in [-0.25, -0.2) is 0 Å². The standard InChI is InChI=1S/C16H16N2O4S2/c1-10(19)17-12-6-4-11(5-7-12)9-13-15(22)18(16(23)24-13)8-2-3-14(20)21/h4-7,9H,2-3,8H2,1H3,(H,17,19)(H,20,21)/p-1/b13-9-. The summed E-state index contributed by atoms with van der Waals surface area (Å²) in [7, 11) is 0. The fourth-order valence-electron chi connectivity index (χ4n) is 2.09. The molecule has 0 bridgehead atoms. The number of thiocarbonyl (C=S) groups is 1. The van der Waals surface area contributed by atoms with Gasteiger partial charge in [0.25, 0.3) is 5.91 Å². The van der Waals surface area contributed by atoms with Gasteiger partial charge in [-0.05, 0) is 36.6 Å². The van der Waals surface area contributed by atoms with Crippen molar-refractivity contribution >= 4 is 57.8 Å². The first-order valence-corrected chi connectivity index (χ1v) is 8.42. The summed E-state index contributed by atoms with van der Waals surface area (Å²) < 4.78 is 0.416. The Morgan fingerprint density at radius 1 is 1.33 bits per heavy atom. The molecule has 0 saturated carbocycles. The lowest BCUT2D eigenvalue weighted by Gasteiger charge is -2.14. The SMILES string of the molecule is CC(=O)Nc1ccc(/C=C2\SC(=S)N(CCCC(=O)[O-])C2=O)cc1. The maximum Gasteiger partial charge on any atom is 0.266 e. The van der Waals surface area contributed by atoms with Crippen molar-refractivity contribution in [2.75, 3.05) is 11.9 Å². The fraction of sp³-hybridized carbons (Fsp3) is 0.250. The molecule has 1 aliphatic rings. The Labute approximate surface area is 148 Å². The van der Waals surface area contributed by atoms with Crippen molar-refractivity contribution in [3.63, 3.8) is 0 Å². The number of carboxylic acids is 1. The molecule has 1 aromatic rings. The fourth-order valence-corrected chi connectivity index (χ4v) is 3.40. The molecule has 0 spiro atoms. The molecular formula is C16H15N2O4S2-. The first-order valence-electron chi connectivity index (χ1n) is 7.19. The molecule has 2 amide bonds. The third-order valence-electron chi connectivity index (χ3n) is 3.17. The molecular weight excluding hydrogens is 348 g/mol. The van der Waals surface area contributed by atoms with Crippen LogP contribution in [0.4, 0.5) is 5.69 Å². The summed E-state index contributed by atoms with van der Waals surface area (Å²) in [5.41, 5.74) is 1.48. The average molecular weight is 363 g/mol. The van der Waals surface area contributed by atoms with Crippen molar-refractivity contribution in [3.05, 3.63) is 34.7 Å². The quantitative estimate of drug-likeness (QED) is 0.607. The summed E-state index contributed by atoms with van der Waals surface area (Å²) in [4.78, 5) is 35.7. The smallest absolute Gasteiger partial charge is 0.266 e. The molecule has 0 aliphatic carbocycles. The third kappa shape index (κ3) is 4.90. The van der Waals surface area contributed by atoms with Gasteiger partial charge in [0, 0.05) is 25.1 Å². The Morgan fingerprint density at radius 3 is 2.58 bits per heavy atom. The molecule has 126 valence electrons. The maximum absolute atomic E-state index is 12.3. The lowest BCUT2D eigenvalue weighted by atomic mass is 10.2. The van der Waals surface area contributed by atoms with E-state index in [0.29, 0.717) is 21.3 Å². The molecule has 0 atom stereocenters. The van der Waals surface area contributed by atoms with E-state index in [-0.39, 0.29) is 24.8 Å². The lowest BCUT2D eigenvalue weighted by molar-refractivity contribution is -0.305. The van der Waals surface area contributed by atoms with Crippen molar-refractivity contribution in [2.45, 2.75) is 19.8 Å². The average Bonchev–Trinajstić information content (AvgIpc) is 2.76. The zero-order valence-corrected chi connectivity index (χ0v) is 14.5. The van der Waals surface area contributed by atoms with Crippen LogP contribution in [0, 0.1) is 0 Å². The molecule has 2 rings (SSSR count). The number of rotatable bonds is 6. The molecule has 1 heterocycles. The van der Waals surface area contributed by atoms with Gasteiger partial charge in [0.2, 0.25) is 5.91 Å². The molecule has 1 aromatic carbocycles. The summed E-state index contributed by atoms with van der Waals surface area (Å²) in [5, 5.41) is 13.1. The number of carbonyl (C=O) groups excluding carboxylic acids is 3. The van der Waals surface area contributed by atoms with Crippen molar-refractivity contribution in [2.24, 2.45) is 0 Å². The number of carbonyl (C=O) groups is 3. The number of amides is 2. The highest BCUT2D eigenvalue weighted by atomic mass is 32.2. The number of nitrogens with zero attached hydrogens (tertiary/aromatic N) is 1. The minimum Gasteiger partial charge on any atom is -0.550 e. The zero-order valence-electron chi connectivity index (χ0n) is 12.9. The van der Waals surface area contributed by atoms with Gasteiger partial charge >= 0.3 is 0 Å². The number of hydrogen-bond acceptors (Lipinski definition) is 6. The van der Waals surface area contributed by atoms with Crippen LogP contribution in [-0.2, 0) is 14.4 Å². The Morgan fingerprint density at radius 2 is 2.00 bits per heavy atom. The summed E-state index contributed by atoms with van der Waals surface area (Å²) in [6, 6.07) is 7.06. The van der Waals surface area contributed by atoms with Gasteiger partial charge in [-0.1, -0.05) is 36.1 Å². The number of nitrogens with one attached hydrogen (secondary N) is 1. The van der Waals surface area contributed by atoms with Crippen LogP contribution in [0.2, 0.25) is 0 Å². The van der Waals surface area contributed by atoms with Gasteiger partial charge in [0.15, 0.2) is 0 Å². The van der Waals surface area contributed by atoms with E-state index in [9.17, 15) is 19.5 Å². The minimum absolute atomic E-state index is 0.110. The second-order valence-electron chi connectivity index (χ2n) is 5.11. The lowest BCUT2D eigenvalue weighted by Crippen LogP contribution is -2.30. The van der Waals surface area contributed by atoms with E-state index in [4.69, 9.17) is 12.2 Å². The van der Waals surface area contributed by atoms with E-state index < -0.39 is 5.97 Å². The van der Waals surface area contributed by atoms with E-state index in [1.165, 1.54) is 23.6 Å². The largest absolute Gasteiger partial charge is 0.550 e. The highest BCUT2D eigenvalue weighted by Crippen LogP contribution is 2.32. The van der Waals surface area contributed by atoms with Gasteiger partial charge < -0.3 is 15.2 Å². The van der Waals surface area contributed by atoms with Crippen LogP contribution < -0.4 is 10.4 Å². The van der Waals surface area contributed by atoms with Crippen molar-refractivity contribution in [1.29, 1.82) is 0 Å². The van der Waals surface area contributed by atoms with E-state index in [1.54, 1.807) is 30.3 Å². The molecule has 0 aromatic heterocycles. The van der Waals surface area contributed by atoms with Crippen LogP contribution in [-0.4, -0.2) is 33.5 Å². The molecule has 1 aliphatic heterocycles. The normalized spacial score (nSPS) is 15.9. The monoisotopic (exact) mass is 363 g/mol. The summed E-state index contributed by atoms with van der Waals surface area (Å²) in [6.07, 6.45) is 1.91. The number of hydrogen-bond donors (Lipinski definition) is 1. The Hall–Kier alpha value is -2.19. The second-order valence-corrected chi connectivity index (χ2v) is 6.79. The van der Waals surface area contributed by atoms with E-state index in [1.807, 2.05) is 0 Å². The molecule has 0 radical (unpaired) electrons. The number of benzene rings is 1. The van der Waals surface area contributed by atoms with Gasteiger partial charge in [-0.2, -0.15) is 0 Å². The predicted octanol–water partition coefficient (Wildman–Crippen LogP) is 1.38. The molecule has 0 unspecified atom stereocenters. The summed E-state index contributed by atoms with van der Waals surface area (Å²) >= 11 is 6.36. The maximum atomic E-state index is 12.3. The Balaban J connectivity index is 2.05. The van der Waals surface area contributed by atoms with Crippen molar-refractivity contribution in [3.8, 4) is 0 Å². The first kappa shape index (κ1) is 18.2. The third-order valence-corrected chi connectivity index (χ3v) is 4.54. The van der Waals surface area contributed by atoms with Crippen LogP contribution in [0.5, 0.6) is 0 Å². The highest BCUT2D eigenvalue weighted by Gasteiger charge is 2.31. The summed E-state index contributed by atoms with van der Waals surface area (Å²) in [6.45, 7) is 1.69. The number of aliphatic carboxylic acids is 1. The van der Waals surface area contributed by atoms with Gasteiger partial charge in [0.05, 0.1) is 4.91 Å². The second kappa shape index (κ2) is 8.07. The van der Waals surface area contributed by atoms with Crippen LogP contribution in [0.15, 0.2) is 29.2 Å². The van der Waals surface area contributed by atoms with E-state index >= 15 is 0 Å². The topological polar surface area (TPSA) is 89.5 Å². The predicted molar refractivity (Wildman–Crippen MR) is 94.9 cm³/mol. The van der Waals surface area contributed by atoms with Crippen molar-refractivity contribution < 1.29 is 19.5 Å². The molecule has 8 heteroatoms. The van der Waals surface area contributed by atoms with Crippen LogP contribution in [0.25, 0.3) is 6.08 Å². The van der Waals surface area contributed by atoms with Crippen LogP contribution in [0.3, 0.4) is 0 Å². The molecule has 1 saturated heterocycles. The number of anilines is 1. The minimum atomic E-state index is -1.14. The zero-order chi connectivity index (χ0) is 17.7. The van der Waals surface area contributed by atoms with Crippen LogP contribution >= 0.6 is 24.0 Å². The Kier molecular flexibility index (Phi) is 6.10. The highest BCUT2D eigenvalue weighted by molar-refractivity contribution is 8.26. The molecule has 24 heavy (non-hydrogen) atoms. The van der Waals surface area contributed by atoms with Gasteiger partial charge in [0.1, 0.15) is 4.32 Å². The van der Waals surface area contributed by atoms with Crippen LogP contribution in [0.1, 0.15) is 25.3 Å². The van der Waals surface area contributed by atoms with E-state index in [2.05, 4.69) is 5.32 Å². The molecule has 6 nitrogen and oxygen atoms in total. The number of carboxylic acid groups (broad SMARTS) is 1. The first-order chi connectivity index (χ1) is 11.4. The van der Waals surface area contributed by atoms with Crippen molar-refractivity contribution in [1.82, 2.24) is 4.90 Å². The Bertz CT molecular complexity index is 713. The number of thioether (sulfide) groups is 1. The van der Waals surface area contributed by atoms with Gasteiger partial charge in [-0.3, -0.25) is 14.5 Å². The molecule has 1 N–H and O–H groups in total. The van der Waals surface area contributed by atoms with Gasteiger partial charge in [-0.15, -0.1) is 0 Å². The molecule has 1 fully saturated rings.